The lowest BCUT2D eigenvalue weighted by atomic mass is 10.0. The predicted molar refractivity (Wildman–Crippen MR) is 93.9 cm³/mol. The molecule has 0 radical (unpaired) electrons. The lowest BCUT2D eigenvalue weighted by Crippen LogP contribution is -2.47. The van der Waals surface area contributed by atoms with Crippen molar-refractivity contribution in [1.29, 1.82) is 0 Å². The molecule has 1 fully saturated rings. The summed E-state index contributed by atoms with van der Waals surface area (Å²) in [5.41, 5.74) is 3.28. The van der Waals surface area contributed by atoms with Crippen molar-refractivity contribution < 1.29 is 4.79 Å². The molecule has 1 saturated heterocycles. The van der Waals surface area contributed by atoms with Gasteiger partial charge in [-0.1, -0.05) is 6.07 Å². The van der Waals surface area contributed by atoms with Gasteiger partial charge in [0.25, 0.3) is 5.91 Å². The van der Waals surface area contributed by atoms with Crippen LogP contribution in [0.1, 0.15) is 28.8 Å². The number of carbonyl (C=O) groups is 1. The number of amides is 1. The largest absolute Gasteiger partial charge is 0.348 e. The van der Waals surface area contributed by atoms with Gasteiger partial charge in [0.05, 0.1) is 0 Å². The fraction of sp³-hybridized carbons (Fsp3) is 0.333. The zero-order valence-corrected chi connectivity index (χ0v) is 13.9. The van der Waals surface area contributed by atoms with Gasteiger partial charge >= 0.3 is 0 Å². The van der Waals surface area contributed by atoms with Crippen LogP contribution in [0, 0.1) is 0 Å². The summed E-state index contributed by atoms with van der Waals surface area (Å²) in [5, 5.41) is 13.8. The van der Waals surface area contributed by atoms with Crippen LogP contribution in [-0.4, -0.2) is 50.3 Å². The Labute approximate surface area is 145 Å². The van der Waals surface area contributed by atoms with E-state index in [1.165, 1.54) is 5.56 Å². The maximum atomic E-state index is 12.5. The molecule has 0 aliphatic carbocycles. The molecule has 3 heterocycles. The van der Waals surface area contributed by atoms with Gasteiger partial charge in [-0.25, -0.2) is 0 Å². The summed E-state index contributed by atoms with van der Waals surface area (Å²) in [6.45, 7) is 2.77. The normalized spacial score (nSPS) is 18.3. The van der Waals surface area contributed by atoms with E-state index < -0.39 is 0 Å². The molecule has 1 atom stereocenters. The molecule has 7 nitrogen and oxygen atoms in total. The van der Waals surface area contributed by atoms with Gasteiger partial charge in [-0.15, -0.1) is 0 Å². The van der Waals surface area contributed by atoms with Crippen molar-refractivity contribution >= 4 is 16.9 Å². The van der Waals surface area contributed by atoms with E-state index in [-0.39, 0.29) is 11.9 Å². The first kappa shape index (κ1) is 15.7. The van der Waals surface area contributed by atoms with Crippen molar-refractivity contribution in [3.05, 3.63) is 53.9 Å². The maximum Gasteiger partial charge on any atom is 0.251 e. The Bertz CT molecular complexity index is 862. The van der Waals surface area contributed by atoms with E-state index in [0.29, 0.717) is 11.1 Å². The highest BCUT2D eigenvalue weighted by molar-refractivity contribution is 5.97. The number of hydrogen-bond donors (Lipinski definition) is 2. The average molecular weight is 336 g/mol. The van der Waals surface area contributed by atoms with Crippen molar-refractivity contribution in [1.82, 2.24) is 30.6 Å². The summed E-state index contributed by atoms with van der Waals surface area (Å²) in [5.74, 6) is -0.0573. The molecule has 0 spiro atoms. The van der Waals surface area contributed by atoms with Gasteiger partial charge in [-0.2, -0.15) is 15.4 Å². The van der Waals surface area contributed by atoms with Crippen LogP contribution in [0.15, 0.2) is 42.7 Å². The quantitative estimate of drug-likeness (QED) is 0.758. The van der Waals surface area contributed by atoms with E-state index >= 15 is 0 Å². The first-order valence-corrected chi connectivity index (χ1v) is 8.50. The second-order valence-electron chi connectivity index (χ2n) is 6.44. The molecule has 7 heteroatoms. The Balaban J connectivity index is 1.38. The first-order valence-electron chi connectivity index (χ1n) is 8.50. The Hall–Kier alpha value is -2.80. The number of hydrogen-bond acceptors (Lipinski definition) is 5. The Kier molecular flexibility index (Phi) is 4.39. The molecule has 1 aromatic carbocycles. The third-order valence-corrected chi connectivity index (χ3v) is 4.55. The minimum Gasteiger partial charge on any atom is -0.348 e. The third-order valence-electron chi connectivity index (χ3n) is 4.55. The Morgan fingerprint density at radius 2 is 2.20 bits per heavy atom. The van der Waals surface area contributed by atoms with E-state index in [0.717, 1.165) is 38.0 Å². The highest BCUT2D eigenvalue weighted by Crippen LogP contribution is 2.15. The molecule has 4 rings (SSSR count). The van der Waals surface area contributed by atoms with Gasteiger partial charge < -0.3 is 5.32 Å². The molecule has 1 aliphatic rings. The SMILES string of the molecule is O=C(N[C@@H]1CCCN(Cc2cccnc2)C1)c1ccc2n[nH]nc2c1. The van der Waals surface area contributed by atoms with Crippen LogP contribution in [0.3, 0.4) is 0 Å². The van der Waals surface area contributed by atoms with Crippen LogP contribution in [0.25, 0.3) is 11.0 Å². The van der Waals surface area contributed by atoms with Crippen LogP contribution in [0.4, 0.5) is 0 Å². The number of nitrogens with zero attached hydrogens (tertiary/aromatic N) is 4. The lowest BCUT2D eigenvalue weighted by Gasteiger charge is -2.33. The van der Waals surface area contributed by atoms with E-state index in [2.05, 4.69) is 36.7 Å². The van der Waals surface area contributed by atoms with Gasteiger partial charge in [0.15, 0.2) is 0 Å². The van der Waals surface area contributed by atoms with Crippen LogP contribution in [-0.2, 0) is 6.54 Å². The maximum absolute atomic E-state index is 12.5. The van der Waals surface area contributed by atoms with Crippen molar-refractivity contribution in [2.75, 3.05) is 13.1 Å². The lowest BCUT2D eigenvalue weighted by molar-refractivity contribution is 0.0901. The van der Waals surface area contributed by atoms with Gasteiger partial charge in [0.2, 0.25) is 0 Å². The number of pyridine rings is 1. The van der Waals surface area contributed by atoms with Crippen LogP contribution >= 0.6 is 0 Å². The summed E-state index contributed by atoms with van der Waals surface area (Å²) in [6.07, 6.45) is 5.76. The molecule has 2 N–H and O–H groups in total. The second-order valence-corrected chi connectivity index (χ2v) is 6.44. The molecular weight excluding hydrogens is 316 g/mol. The zero-order valence-electron chi connectivity index (χ0n) is 13.9. The fourth-order valence-electron chi connectivity index (χ4n) is 3.32. The zero-order chi connectivity index (χ0) is 17.1. The number of rotatable bonds is 4. The summed E-state index contributed by atoms with van der Waals surface area (Å²) in [7, 11) is 0. The number of nitrogens with one attached hydrogen (secondary N) is 2. The number of carbonyl (C=O) groups excluding carboxylic acids is 1. The van der Waals surface area contributed by atoms with E-state index in [4.69, 9.17) is 0 Å². The Morgan fingerprint density at radius 1 is 1.28 bits per heavy atom. The summed E-state index contributed by atoms with van der Waals surface area (Å²) < 4.78 is 0. The topological polar surface area (TPSA) is 86.8 Å². The van der Waals surface area contributed by atoms with Gasteiger partial charge in [-0.3, -0.25) is 14.7 Å². The predicted octanol–water partition coefficient (Wildman–Crippen LogP) is 1.75. The third kappa shape index (κ3) is 3.66. The number of fused-ring (bicyclic) bond motifs is 1. The van der Waals surface area contributed by atoms with Crippen molar-refractivity contribution in [3.63, 3.8) is 0 Å². The molecular formula is C18H20N6O. The summed E-state index contributed by atoms with van der Waals surface area (Å²) >= 11 is 0. The van der Waals surface area contributed by atoms with E-state index in [9.17, 15) is 4.79 Å². The Morgan fingerprint density at radius 3 is 3.08 bits per heavy atom. The van der Waals surface area contributed by atoms with E-state index in [1.807, 2.05) is 18.3 Å². The molecule has 2 aromatic heterocycles. The molecule has 1 amide bonds. The number of benzene rings is 1. The summed E-state index contributed by atoms with van der Waals surface area (Å²) in [4.78, 5) is 19.1. The number of piperidine rings is 1. The number of aromatic amines is 1. The molecule has 3 aromatic rings. The van der Waals surface area contributed by atoms with Crippen LogP contribution < -0.4 is 5.32 Å². The minimum absolute atomic E-state index is 0.0573. The molecule has 0 saturated carbocycles. The number of aromatic nitrogens is 4. The highest BCUT2D eigenvalue weighted by atomic mass is 16.1. The van der Waals surface area contributed by atoms with Crippen LogP contribution in [0.2, 0.25) is 0 Å². The number of likely N-dealkylation sites (tertiary alicyclic amines) is 1. The molecule has 0 bridgehead atoms. The van der Waals surface area contributed by atoms with Gasteiger partial charge in [-0.05, 0) is 49.2 Å². The molecule has 128 valence electrons. The standard InChI is InChI=1S/C18H20N6O/c25-18(14-5-6-16-17(9-14)22-23-21-16)20-15-4-2-8-24(12-15)11-13-3-1-7-19-10-13/h1,3,5-7,9-10,15H,2,4,8,11-12H2,(H,20,25)(H,21,22,23)/t15-/m1/s1. The van der Waals surface area contributed by atoms with Crippen molar-refractivity contribution in [2.24, 2.45) is 0 Å². The molecule has 25 heavy (non-hydrogen) atoms. The van der Waals surface area contributed by atoms with Crippen molar-refractivity contribution in [3.8, 4) is 0 Å². The fourth-order valence-corrected chi connectivity index (χ4v) is 3.32. The summed E-state index contributed by atoms with van der Waals surface area (Å²) in [6, 6.07) is 9.57. The monoisotopic (exact) mass is 336 g/mol. The highest BCUT2D eigenvalue weighted by Gasteiger charge is 2.22. The van der Waals surface area contributed by atoms with E-state index in [1.54, 1.807) is 18.3 Å². The number of H-pyrrole nitrogens is 1. The first-order chi connectivity index (χ1) is 12.3. The smallest absolute Gasteiger partial charge is 0.251 e. The van der Waals surface area contributed by atoms with Crippen molar-refractivity contribution in [2.45, 2.75) is 25.4 Å². The van der Waals surface area contributed by atoms with Gasteiger partial charge in [0, 0.05) is 37.1 Å². The molecule has 0 unspecified atom stereocenters. The van der Waals surface area contributed by atoms with Crippen LogP contribution in [0.5, 0.6) is 0 Å². The second kappa shape index (κ2) is 6.98. The average Bonchev–Trinajstić information content (AvgIpc) is 3.10. The van der Waals surface area contributed by atoms with Gasteiger partial charge in [0.1, 0.15) is 11.0 Å². The molecule has 1 aliphatic heterocycles. The minimum atomic E-state index is -0.0573.